The van der Waals surface area contributed by atoms with Gasteiger partial charge >= 0.3 is 5.97 Å². The number of methoxy groups -OCH3 is 1. The number of hydrogen-bond donors (Lipinski definition) is 1. The maximum absolute atomic E-state index is 12.7. The van der Waals surface area contributed by atoms with Gasteiger partial charge in [-0.2, -0.15) is 0 Å². The van der Waals surface area contributed by atoms with E-state index in [0.29, 0.717) is 12.1 Å². The van der Waals surface area contributed by atoms with Gasteiger partial charge in [0.05, 0.1) is 7.11 Å². The van der Waals surface area contributed by atoms with Crippen molar-refractivity contribution in [3.63, 3.8) is 0 Å². The molecular weight excluding hydrogens is 247 g/mol. The molecule has 0 saturated heterocycles. The highest BCUT2D eigenvalue weighted by Gasteiger charge is 2.20. The third-order valence-electron chi connectivity index (χ3n) is 1.82. The van der Waals surface area contributed by atoms with E-state index in [1.807, 2.05) is 0 Å². The maximum atomic E-state index is 12.7. The van der Waals surface area contributed by atoms with Crippen molar-refractivity contribution in [2.45, 2.75) is 6.04 Å². The lowest BCUT2D eigenvalue weighted by Gasteiger charge is -2.09. The molecule has 0 saturated carbocycles. The Morgan fingerprint density at radius 2 is 1.75 bits per heavy atom. The van der Waals surface area contributed by atoms with Crippen LogP contribution in [-0.4, -0.2) is 13.1 Å². The van der Waals surface area contributed by atoms with Gasteiger partial charge in [-0.15, -0.1) is 12.4 Å². The molecule has 0 aromatic heterocycles. The maximum Gasteiger partial charge on any atom is 0.327 e. The fourth-order valence-electron chi connectivity index (χ4n) is 1.02. The molecule has 7 heteroatoms. The van der Waals surface area contributed by atoms with Crippen LogP contribution < -0.4 is 5.73 Å². The van der Waals surface area contributed by atoms with E-state index in [-0.39, 0.29) is 18.0 Å². The first-order valence-corrected chi connectivity index (χ1v) is 3.95. The Balaban J connectivity index is 0.00000225. The molecule has 90 valence electrons. The van der Waals surface area contributed by atoms with Crippen LogP contribution in [0.3, 0.4) is 0 Å². The molecule has 1 aromatic rings. The molecule has 2 N–H and O–H groups in total. The van der Waals surface area contributed by atoms with Crippen LogP contribution in [0.25, 0.3) is 0 Å². The number of benzene rings is 1. The Bertz CT molecular complexity index is 377. The summed E-state index contributed by atoms with van der Waals surface area (Å²) in [4.78, 5) is 10.9. The highest BCUT2D eigenvalue weighted by Crippen LogP contribution is 2.18. The Morgan fingerprint density at radius 3 is 2.12 bits per heavy atom. The fourth-order valence-corrected chi connectivity index (χ4v) is 1.02. The zero-order valence-electron chi connectivity index (χ0n) is 8.17. The largest absolute Gasteiger partial charge is 0.468 e. The average Bonchev–Trinajstić information content (AvgIpc) is 2.23. The second-order valence-electron chi connectivity index (χ2n) is 2.80. The van der Waals surface area contributed by atoms with Gasteiger partial charge in [0.25, 0.3) is 0 Å². The van der Waals surface area contributed by atoms with Gasteiger partial charge < -0.3 is 10.5 Å². The molecule has 0 fully saturated rings. The number of nitrogens with two attached hydrogens (primary N) is 1. The van der Waals surface area contributed by atoms with E-state index in [0.717, 1.165) is 7.11 Å². The Morgan fingerprint density at radius 1 is 1.31 bits per heavy atom. The second-order valence-corrected chi connectivity index (χ2v) is 2.80. The molecule has 0 aliphatic carbocycles. The summed E-state index contributed by atoms with van der Waals surface area (Å²) in [6, 6.07) is -0.0281. The minimum Gasteiger partial charge on any atom is -0.468 e. The van der Waals surface area contributed by atoms with Gasteiger partial charge in [-0.3, -0.25) is 4.79 Å². The van der Waals surface area contributed by atoms with Gasteiger partial charge in [0.15, 0.2) is 17.5 Å². The number of ether oxygens (including phenoxy) is 1. The van der Waals surface area contributed by atoms with Gasteiger partial charge in [0.2, 0.25) is 0 Å². The first kappa shape index (κ1) is 14.7. The van der Waals surface area contributed by atoms with Gasteiger partial charge in [-0.1, -0.05) is 0 Å². The molecule has 0 aliphatic heterocycles. The van der Waals surface area contributed by atoms with Crippen LogP contribution in [-0.2, 0) is 9.53 Å². The van der Waals surface area contributed by atoms with Crippen molar-refractivity contribution in [3.8, 4) is 0 Å². The van der Waals surface area contributed by atoms with E-state index in [1.165, 1.54) is 0 Å². The topological polar surface area (TPSA) is 52.3 Å². The predicted molar refractivity (Wildman–Crippen MR) is 52.5 cm³/mol. The summed E-state index contributed by atoms with van der Waals surface area (Å²) in [5.41, 5.74) is 5.12. The number of esters is 1. The summed E-state index contributed by atoms with van der Waals surface area (Å²) in [6.45, 7) is 0. The van der Waals surface area contributed by atoms with Gasteiger partial charge in [-0.25, -0.2) is 13.2 Å². The summed E-state index contributed by atoms with van der Waals surface area (Å²) in [6.07, 6.45) is 0. The van der Waals surface area contributed by atoms with Crippen molar-refractivity contribution >= 4 is 18.4 Å². The van der Waals surface area contributed by atoms with Gasteiger partial charge in [0.1, 0.15) is 6.04 Å². The molecule has 0 radical (unpaired) electrons. The van der Waals surface area contributed by atoms with E-state index < -0.39 is 29.5 Å². The highest BCUT2D eigenvalue weighted by atomic mass is 35.5. The fraction of sp³-hybridized carbons (Fsp3) is 0.222. The van der Waals surface area contributed by atoms with Crippen molar-refractivity contribution in [3.05, 3.63) is 35.1 Å². The molecule has 1 aromatic carbocycles. The zero-order chi connectivity index (χ0) is 11.6. The summed E-state index contributed by atoms with van der Waals surface area (Å²) in [5.74, 6) is -5.26. The van der Waals surface area contributed by atoms with Crippen molar-refractivity contribution < 1.29 is 22.7 Å². The summed E-state index contributed by atoms with van der Waals surface area (Å²) in [7, 11) is 1.08. The molecular formula is C9H9ClF3NO2. The number of carbonyl (C=O) groups is 1. The molecule has 0 heterocycles. The molecule has 3 nitrogen and oxygen atoms in total. The Hall–Kier alpha value is -1.27. The Kier molecular flexibility index (Phi) is 5.26. The monoisotopic (exact) mass is 255 g/mol. The smallest absolute Gasteiger partial charge is 0.327 e. The molecule has 0 aliphatic rings. The van der Waals surface area contributed by atoms with Crippen LogP contribution in [0.4, 0.5) is 13.2 Å². The van der Waals surface area contributed by atoms with Gasteiger partial charge in [-0.05, 0) is 17.7 Å². The third kappa shape index (κ3) is 2.86. The van der Waals surface area contributed by atoms with Gasteiger partial charge in [0, 0.05) is 0 Å². The molecule has 1 rings (SSSR count). The van der Waals surface area contributed by atoms with Crippen LogP contribution in [0.15, 0.2) is 12.1 Å². The van der Waals surface area contributed by atoms with Crippen LogP contribution in [0.5, 0.6) is 0 Å². The normalized spacial score (nSPS) is 11.6. The molecule has 0 unspecified atom stereocenters. The lowest BCUT2D eigenvalue weighted by atomic mass is 10.1. The first-order valence-electron chi connectivity index (χ1n) is 3.95. The van der Waals surface area contributed by atoms with Crippen molar-refractivity contribution in [2.75, 3.05) is 7.11 Å². The number of hydrogen-bond acceptors (Lipinski definition) is 3. The molecule has 0 amide bonds. The van der Waals surface area contributed by atoms with Crippen LogP contribution in [0.2, 0.25) is 0 Å². The van der Waals surface area contributed by atoms with E-state index in [2.05, 4.69) is 4.74 Å². The van der Waals surface area contributed by atoms with E-state index in [9.17, 15) is 18.0 Å². The lowest BCUT2D eigenvalue weighted by Crippen LogP contribution is -2.23. The summed E-state index contributed by atoms with van der Waals surface area (Å²) < 4.78 is 42.3. The number of halogens is 4. The predicted octanol–water partition coefficient (Wildman–Crippen LogP) is 1.70. The molecule has 1 atom stereocenters. The zero-order valence-corrected chi connectivity index (χ0v) is 8.98. The first-order chi connectivity index (χ1) is 6.97. The molecule has 0 spiro atoms. The standard InChI is InChI=1S/C9H8F3NO2.ClH/c1-15-9(14)8(13)4-2-5(10)7(12)6(11)3-4;/h2-3,8H,13H2,1H3;1H/t8-;/m0./s1. The summed E-state index contributed by atoms with van der Waals surface area (Å²) in [5, 5.41) is 0. The SMILES string of the molecule is COC(=O)[C@@H](N)c1cc(F)c(F)c(F)c1.Cl. The number of carbonyl (C=O) groups excluding carboxylic acids is 1. The third-order valence-corrected chi connectivity index (χ3v) is 1.82. The van der Waals surface area contributed by atoms with E-state index >= 15 is 0 Å². The van der Waals surface area contributed by atoms with Crippen molar-refractivity contribution in [1.29, 1.82) is 0 Å². The Labute approximate surface area is 95.8 Å². The quantitative estimate of drug-likeness (QED) is 0.646. The summed E-state index contributed by atoms with van der Waals surface area (Å²) >= 11 is 0. The van der Waals surface area contributed by atoms with E-state index in [1.54, 1.807) is 0 Å². The van der Waals surface area contributed by atoms with Crippen molar-refractivity contribution in [1.82, 2.24) is 0 Å². The molecule has 0 bridgehead atoms. The van der Waals surface area contributed by atoms with Crippen LogP contribution in [0.1, 0.15) is 11.6 Å². The second kappa shape index (κ2) is 5.72. The number of rotatable bonds is 2. The minimum atomic E-state index is -1.60. The lowest BCUT2D eigenvalue weighted by molar-refractivity contribution is -0.142. The minimum absolute atomic E-state index is 0. The average molecular weight is 256 g/mol. The van der Waals surface area contributed by atoms with Crippen molar-refractivity contribution in [2.24, 2.45) is 5.73 Å². The molecule has 16 heavy (non-hydrogen) atoms. The van der Waals surface area contributed by atoms with Crippen LogP contribution in [0, 0.1) is 17.5 Å². The van der Waals surface area contributed by atoms with Crippen LogP contribution >= 0.6 is 12.4 Å². The highest BCUT2D eigenvalue weighted by molar-refractivity contribution is 5.85. The van der Waals surface area contributed by atoms with E-state index in [4.69, 9.17) is 5.73 Å².